The van der Waals surface area contributed by atoms with Crippen molar-refractivity contribution in [3.8, 4) is 5.69 Å². The van der Waals surface area contributed by atoms with Gasteiger partial charge in [-0.3, -0.25) is 9.78 Å². The zero-order chi connectivity index (χ0) is 21.3. The van der Waals surface area contributed by atoms with Crippen LogP contribution >= 0.6 is 0 Å². The summed E-state index contributed by atoms with van der Waals surface area (Å²) in [5.74, 6) is -2.29. The van der Waals surface area contributed by atoms with Gasteiger partial charge in [0.25, 0.3) is 5.56 Å². The normalized spacial score (nSPS) is 11.0. The highest BCUT2D eigenvalue weighted by Gasteiger charge is 2.12. The van der Waals surface area contributed by atoms with Crippen molar-refractivity contribution in [3.63, 3.8) is 0 Å². The fraction of sp³-hybridized carbons (Fsp3) is 0.100. The number of benzene rings is 2. The topological polar surface area (TPSA) is 92.7 Å². The van der Waals surface area contributed by atoms with Crippen LogP contribution in [0.1, 0.15) is 5.56 Å². The second-order valence-electron chi connectivity index (χ2n) is 6.43. The fourth-order valence-corrected chi connectivity index (χ4v) is 2.95. The Kier molecular flexibility index (Phi) is 5.05. The Bertz CT molecular complexity index is 1370. The molecule has 2 N–H and O–H groups in total. The lowest BCUT2D eigenvalue weighted by atomic mass is 10.1. The van der Waals surface area contributed by atoms with Crippen LogP contribution in [0.3, 0.4) is 0 Å². The third kappa shape index (κ3) is 3.79. The summed E-state index contributed by atoms with van der Waals surface area (Å²) in [6.07, 6.45) is 1.62. The van der Waals surface area contributed by atoms with Crippen LogP contribution in [-0.4, -0.2) is 26.1 Å². The number of hydrogen-bond acceptors (Lipinski definition) is 5. The lowest BCUT2D eigenvalue weighted by Crippen LogP contribution is -2.34. The molecule has 152 valence electrons. The number of nitrogens with zero attached hydrogens (tertiary/aromatic N) is 3. The summed E-state index contributed by atoms with van der Waals surface area (Å²) in [4.78, 5) is 35.7. The van der Waals surface area contributed by atoms with Crippen molar-refractivity contribution in [2.45, 2.75) is 6.42 Å². The Labute approximate surface area is 166 Å². The second kappa shape index (κ2) is 7.82. The van der Waals surface area contributed by atoms with Crippen LogP contribution in [0.5, 0.6) is 0 Å². The number of aromatic amines is 1. The Balaban J connectivity index is 1.59. The molecule has 10 heteroatoms. The number of H-pyrrole nitrogens is 1. The molecule has 2 heterocycles. The third-order valence-electron chi connectivity index (χ3n) is 4.40. The van der Waals surface area contributed by atoms with E-state index in [1.165, 1.54) is 30.5 Å². The molecule has 2 aromatic carbocycles. The molecule has 0 amide bonds. The number of hydrogen-bond donors (Lipinski definition) is 2. The number of anilines is 1. The first-order chi connectivity index (χ1) is 14.4. The standard InChI is InChI=1S/C20H14F3N5O2/c21-12-2-1-3-13(9-12)28-18(29)14-10-25-19(26-17(14)27-20(28)30)24-7-6-11-4-5-15(22)16(23)8-11/h1-5,8-10H,6-7H2,(H2,24,25,26,27,30). The molecule has 7 nitrogen and oxygen atoms in total. The van der Waals surface area contributed by atoms with E-state index < -0.39 is 28.7 Å². The van der Waals surface area contributed by atoms with E-state index in [0.29, 0.717) is 18.5 Å². The van der Waals surface area contributed by atoms with Gasteiger partial charge in [-0.25, -0.2) is 27.5 Å². The first kappa shape index (κ1) is 19.4. The molecule has 0 spiro atoms. The van der Waals surface area contributed by atoms with Crippen LogP contribution in [0.4, 0.5) is 19.1 Å². The minimum atomic E-state index is -0.929. The molecule has 0 saturated heterocycles. The van der Waals surface area contributed by atoms with Crippen LogP contribution in [0.15, 0.2) is 58.3 Å². The lowest BCUT2D eigenvalue weighted by Gasteiger charge is -2.08. The van der Waals surface area contributed by atoms with Crippen LogP contribution in [0.2, 0.25) is 0 Å². The van der Waals surface area contributed by atoms with Crippen LogP contribution < -0.4 is 16.6 Å². The number of nitrogens with one attached hydrogen (secondary N) is 2. The first-order valence-electron chi connectivity index (χ1n) is 8.88. The zero-order valence-corrected chi connectivity index (χ0v) is 15.3. The number of halogens is 3. The lowest BCUT2D eigenvalue weighted by molar-refractivity contribution is 0.507. The summed E-state index contributed by atoms with van der Waals surface area (Å²) >= 11 is 0. The molecular weight excluding hydrogens is 399 g/mol. The van der Waals surface area contributed by atoms with Crippen LogP contribution in [0.25, 0.3) is 16.7 Å². The number of aromatic nitrogens is 4. The van der Waals surface area contributed by atoms with Gasteiger partial charge in [-0.15, -0.1) is 0 Å². The first-order valence-corrected chi connectivity index (χ1v) is 8.88. The van der Waals surface area contributed by atoms with Gasteiger partial charge in [0.2, 0.25) is 5.95 Å². The van der Waals surface area contributed by atoms with Gasteiger partial charge in [0, 0.05) is 12.7 Å². The Hall–Kier alpha value is -3.95. The van der Waals surface area contributed by atoms with Crippen molar-refractivity contribution in [1.82, 2.24) is 19.5 Å². The van der Waals surface area contributed by atoms with Gasteiger partial charge in [0.05, 0.1) is 5.69 Å². The van der Waals surface area contributed by atoms with E-state index in [4.69, 9.17) is 0 Å². The predicted molar refractivity (Wildman–Crippen MR) is 104 cm³/mol. The molecule has 0 bridgehead atoms. The highest BCUT2D eigenvalue weighted by Crippen LogP contribution is 2.11. The molecule has 0 aliphatic rings. The SMILES string of the molecule is O=c1[nH]c2nc(NCCc3ccc(F)c(F)c3)ncc2c(=O)n1-c1cccc(F)c1. The van der Waals surface area contributed by atoms with Crippen molar-refractivity contribution in [2.75, 3.05) is 11.9 Å². The van der Waals surface area contributed by atoms with Crippen LogP contribution in [-0.2, 0) is 6.42 Å². The molecule has 0 saturated carbocycles. The Morgan fingerprint density at radius 1 is 1.03 bits per heavy atom. The molecule has 4 rings (SSSR count). The molecule has 0 aliphatic carbocycles. The van der Waals surface area contributed by atoms with E-state index in [-0.39, 0.29) is 22.7 Å². The molecule has 0 atom stereocenters. The summed E-state index contributed by atoms with van der Waals surface area (Å²) in [7, 11) is 0. The molecule has 2 aromatic heterocycles. The number of rotatable bonds is 5. The van der Waals surface area contributed by atoms with Gasteiger partial charge in [0.1, 0.15) is 11.2 Å². The summed E-state index contributed by atoms with van der Waals surface area (Å²) < 4.78 is 40.5. The van der Waals surface area contributed by atoms with Crippen molar-refractivity contribution in [3.05, 3.63) is 92.5 Å². The average Bonchev–Trinajstić information content (AvgIpc) is 2.70. The van der Waals surface area contributed by atoms with Crippen molar-refractivity contribution in [1.29, 1.82) is 0 Å². The van der Waals surface area contributed by atoms with Crippen molar-refractivity contribution in [2.24, 2.45) is 0 Å². The minimum Gasteiger partial charge on any atom is -0.354 e. The third-order valence-corrected chi connectivity index (χ3v) is 4.40. The van der Waals surface area contributed by atoms with Gasteiger partial charge < -0.3 is 5.32 Å². The predicted octanol–water partition coefficient (Wildman–Crippen LogP) is 2.54. The molecule has 30 heavy (non-hydrogen) atoms. The van der Waals surface area contributed by atoms with E-state index in [9.17, 15) is 22.8 Å². The number of fused-ring (bicyclic) bond motifs is 1. The minimum absolute atomic E-state index is 0.0166. The zero-order valence-electron chi connectivity index (χ0n) is 15.3. The van der Waals surface area contributed by atoms with Gasteiger partial charge in [-0.2, -0.15) is 4.98 Å². The smallest absolute Gasteiger partial charge is 0.334 e. The molecule has 0 unspecified atom stereocenters. The highest BCUT2D eigenvalue weighted by molar-refractivity contribution is 5.73. The van der Waals surface area contributed by atoms with Gasteiger partial charge in [-0.05, 0) is 42.3 Å². The summed E-state index contributed by atoms with van der Waals surface area (Å²) in [6.45, 7) is 0.307. The highest BCUT2D eigenvalue weighted by atomic mass is 19.2. The molecule has 0 fully saturated rings. The monoisotopic (exact) mass is 413 g/mol. The van der Waals surface area contributed by atoms with Gasteiger partial charge >= 0.3 is 5.69 Å². The van der Waals surface area contributed by atoms with E-state index in [2.05, 4.69) is 20.3 Å². The Morgan fingerprint density at radius 3 is 2.63 bits per heavy atom. The van der Waals surface area contributed by atoms with Crippen molar-refractivity contribution >= 4 is 17.0 Å². The summed E-state index contributed by atoms with van der Waals surface area (Å²) in [5.41, 5.74) is -0.786. The molecule has 0 radical (unpaired) electrons. The van der Waals surface area contributed by atoms with E-state index in [0.717, 1.165) is 22.8 Å². The molecular formula is C20H14F3N5O2. The van der Waals surface area contributed by atoms with Gasteiger partial charge in [-0.1, -0.05) is 12.1 Å². The van der Waals surface area contributed by atoms with E-state index >= 15 is 0 Å². The molecule has 0 aliphatic heterocycles. The largest absolute Gasteiger partial charge is 0.354 e. The molecule has 4 aromatic rings. The van der Waals surface area contributed by atoms with E-state index in [1.54, 1.807) is 0 Å². The quantitative estimate of drug-likeness (QED) is 0.525. The van der Waals surface area contributed by atoms with Crippen LogP contribution in [0, 0.1) is 17.5 Å². The maximum atomic E-state index is 13.5. The maximum absolute atomic E-state index is 13.5. The van der Waals surface area contributed by atoms with E-state index in [1.807, 2.05) is 0 Å². The Morgan fingerprint density at radius 2 is 1.87 bits per heavy atom. The van der Waals surface area contributed by atoms with Gasteiger partial charge in [0.15, 0.2) is 17.3 Å². The maximum Gasteiger partial charge on any atom is 0.334 e. The summed E-state index contributed by atoms with van der Waals surface area (Å²) in [5, 5.41) is 2.94. The van der Waals surface area contributed by atoms with Crippen molar-refractivity contribution < 1.29 is 13.2 Å². The average molecular weight is 413 g/mol. The second-order valence-corrected chi connectivity index (χ2v) is 6.43. The summed E-state index contributed by atoms with van der Waals surface area (Å²) in [6, 6.07) is 8.70. The fourth-order valence-electron chi connectivity index (χ4n) is 2.95.